The molecule has 8 nitrogen and oxygen atoms in total. The van der Waals surface area contributed by atoms with Crippen molar-refractivity contribution >= 4 is 5.91 Å². The van der Waals surface area contributed by atoms with Crippen LogP contribution in [0.2, 0.25) is 0 Å². The van der Waals surface area contributed by atoms with E-state index in [4.69, 9.17) is 0 Å². The summed E-state index contributed by atoms with van der Waals surface area (Å²) in [4.78, 5) is 29.9. The van der Waals surface area contributed by atoms with Crippen LogP contribution in [0.1, 0.15) is 24.6 Å². The number of nitrogens with zero attached hydrogens (tertiary/aromatic N) is 6. The molecule has 3 rings (SSSR count). The first-order chi connectivity index (χ1) is 10.6. The van der Waals surface area contributed by atoms with Crippen molar-refractivity contribution in [2.45, 2.75) is 32.4 Å². The van der Waals surface area contributed by atoms with Crippen molar-refractivity contribution < 1.29 is 4.79 Å². The van der Waals surface area contributed by atoms with E-state index in [0.717, 1.165) is 12.8 Å². The number of likely N-dealkylation sites (tertiary alicyclic amines) is 1. The number of amides is 1. The van der Waals surface area contributed by atoms with Gasteiger partial charge in [-0.05, 0) is 25.8 Å². The molecule has 0 unspecified atom stereocenters. The van der Waals surface area contributed by atoms with Gasteiger partial charge >= 0.3 is 0 Å². The van der Waals surface area contributed by atoms with Crippen LogP contribution < -0.4 is 5.56 Å². The molecule has 1 amide bonds. The molecule has 0 saturated carbocycles. The zero-order chi connectivity index (χ0) is 15.5. The molecule has 22 heavy (non-hydrogen) atoms. The molecular formula is C14H18N6O2. The van der Waals surface area contributed by atoms with E-state index >= 15 is 0 Å². The molecule has 1 saturated heterocycles. The second-order valence-electron chi connectivity index (χ2n) is 5.48. The Bertz CT molecular complexity index is 708. The normalized spacial score (nSPS) is 18.4. The van der Waals surface area contributed by atoms with Gasteiger partial charge in [0.15, 0.2) is 0 Å². The third-order valence-electron chi connectivity index (χ3n) is 3.84. The van der Waals surface area contributed by atoms with Crippen LogP contribution in [-0.2, 0) is 11.3 Å². The monoisotopic (exact) mass is 302 g/mol. The fourth-order valence-electron chi connectivity index (χ4n) is 2.70. The molecule has 0 aliphatic carbocycles. The number of aromatic nitrogens is 5. The average Bonchev–Trinajstić information content (AvgIpc) is 3.05. The maximum atomic E-state index is 12.4. The van der Waals surface area contributed by atoms with E-state index in [1.807, 2.05) is 0 Å². The van der Waals surface area contributed by atoms with Gasteiger partial charge < -0.3 is 4.90 Å². The molecular weight excluding hydrogens is 284 g/mol. The smallest absolute Gasteiger partial charge is 0.267 e. The molecule has 2 aromatic heterocycles. The summed E-state index contributed by atoms with van der Waals surface area (Å²) in [5.41, 5.74) is 0.454. The van der Waals surface area contributed by atoms with Gasteiger partial charge in [0.05, 0.1) is 11.7 Å². The predicted molar refractivity (Wildman–Crippen MR) is 78.1 cm³/mol. The minimum Gasteiger partial charge on any atom is -0.339 e. The number of hydrogen-bond acceptors (Lipinski definition) is 5. The Morgan fingerprint density at radius 1 is 1.41 bits per heavy atom. The quantitative estimate of drug-likeness (QED) is 0.797. The molecule has 8 heteroatoms. The van der Waals surface area contributed by atoms with Gasteiger partial charge in [0.2, 0.25) is 5.91 Å². The number of carbonyl (C=O) groups excluding carboxylic acids is 1. The summed E-state index contributed by atoms with van der Waals surface area (Å²) in [5, 5.41) is 8.25. The van der Waals surface area contributed by atoms with Crippen molar-refractivity contribution in [2.75, 3.05) is 13.1 Å². The summed E-state index contributed by atoms with van der Waals surface area (Å²) in [7, 11) is 0. The number of piperidine rings is 1. The summed E-state index contributed by atoms with van der Waals surface area (Å²) in [5.74, 6) is -0.0926. The summed E-state index contributed by atoms with van der Waals surface area (Å²) in [6.45, 7) is 3.06. The standard InChI is InChI=1S/C14H18N6O2/c1-11-4-5-13(21)19(17-11)8-14(22)18-6-2-3-12(7-18)20-10-15-9-16-20/h4-5,9-10,12H,2-3,6-8H2,1H3/t12-/m1/s1. The molecule has 3 heterocycles. The fraction of sp³-hybridized carbons (Fsp3) is 0.500. The third kappa shape index (κ3) is 3.05. The molecule has 1 aliphatic rings. The second-order valence-corrected chi connectivity index (χ2v) is 5.48. The highest BCUT2D eigenvalue weighted by molar-refractivity contribution is 5.76. The molecule has 116 valence electrons. The first-order valence-corrected chi connectivity index (χ1v) is 7.30. The molecule has 1 atom stereocenters. The van der Waals surface area contributed by atoms with Crippen molar-refractivity contribution in [2.24, 2.45) is 0 Å². The Labute approximate surface area is 127 Å². The van der Waals surface area contributed by atoms with E-state index in [1.54, 1.807) is 28.9 Å². The van der Waals surface area contributed by atoms with Crippen LogP contribution in [0.25, 0.3) is 0 Å². The van der Waals surface area contributed by atoms with E-state index in [9.17, 15) is 9.59 Å². The molecule has 2 aromatic rings. The third-order valence-corrected chi connectivity index (χ3v) is 3.84. The first kappa shape index (κ1) is 14.4. The zero-order valence-corrected chi connectivity index (χ0v) is 12.4. The Morgan fingerprint density at radius 3 is 3.05 bits per heavy atom. The number of aryl methyl sites for hydroxylation is 1. The molecule has 0 bridgehead atoms. The molecule has 0 radical (unpaired) electrons. The minimum absolute atomic E-state index is 0.0232. The van der Waals surface area contributed by atoms with Crippen LogP contribution in [0.3, 0.4) is 0 Å². The Balaban J connectivity index is 1.69. The summed E-state index contributed by atoms with van der Waals surface area (Å²) < 4.78 is 3.01. The number of hydrogen-bond donors (Lipinski definition) is 0. The maximum Gasteiger partial charge on any atom is 0.267 e. The highest BCUT2D eigenvalue weighted by Crippen LogP contribution is 2.20. The van der Waals surface area contributed by atoms with E-state index in [1.165, 1.54) is 17.1 Å². The van der Waals surface area contributed by atoms with Crippen molar-refractivity contribution in [3.8, 4) is 0 Å². The van der Waals surface area contributed by atoms with Gasteiger partial charge in [0.1, 0.15) is 19.2 Å². The largest absolute Gasteiger partial charge is 0.339 e. The zero-order valence-electron chi connectivity index (χ0n) is 12.4. The lowest BCUT2D eigenvalue weighted by Crippen LogP contribution is -2.43. The van der Waals surface area contributed by atoms with Crippen molar-refractivity contribution in [1.82, 2.24) is 29.4 Å². The van der Waals surface area contributed by atoms with Gasteiger partial charge in [-0.25, -0.2) is 14.3 Å². The molecule has 0 aromatic carbocycles. The Morgan fingerprint density at radius 2 is 2.27 bits per heavy atom. The summed E-state index contributed by atoms with van der Waals surface area (Å²) in [6.07, 6.45) is 5.05. The average molecular weight is 302 g/mol. The Hall–Kier alpha value is -2.51. The van der Waals surface area contributed by atoms with E-state index < -0.39 is 0 Å². The van der Waals surface area contributed by atoms with E-state index in [-0.39, 0.29) is 24.1 Å². The highest BCUT2D eigenvalue weighted by Gasteiger charge is 2.25. The van der Waals surface area contributed by atoms with Crippen LogP contribution in [0.15, 0.2) is 29.6 Å². The van der Waals surface area contributed by atoms with Crippen molar-refractivity contribution in [1.29, 1.82) is 0 Å². The van der Waals surface area contributed by atoms with Gasteiger partial charge in [-0.3, -0.25) is 9.59 Å². The lowest BCUT2D eigenvalue weighted by molar-refractivity contribution is -0.133. The molecule has 0 spiro atoms. The summed E-state index contributed by atoms with van der Waals surface area (Å²) in [6, 6.07) is 3.22. The van der Waals surface area contributed by atoms with Crippen molar-refractivity contribution in [3.05, 3.63) is 40.8 Å². The predicted octanol–water partition coefficient (Wildman–Crippen LogP) is 0.00692. The van der Waals surface area contributed by atoms with Crippen molar-refractivity contribution in [3.63, 3.8) is 0 Å². The highest BCUT2D eigenvalue weighted by atomic mass is 16.2. The number of rotatable bonds is 3. The molecule has 1 aliphatic heterocycles. The van der Waals surface area contributed by atoms with E-state index in [0.29, 0.717) is 18.8 Å². The van der Waals surface area contributed by atoms with Crippen LogP contribution in [0.4, 0.5) is 0 Å². The Kier molecular flexibility index (Phi) is 3.99. The van der Waals surface area contributed by atoms with Crippen LogP contribution >= 0.6 is 0 Å². The van der Waals surface area contributed by atoms with Crippen LogP contribution in [0, 0.1) is 6.92 Å². The minimum atomic E-state index is -0.260. The fourth-order valence-corrected chi connectivity index (χ4v) is 2.70. The van der Waals surface area contributed by atoms with Gasteiger partial charge in [-0.15, -0.1) is 0 Å². The maximum absolute atomic E-state index is 12.4. The summed E-state index contributed by atoms with van der Waals surface area (Å²) >= 11 is 0. The van der Waals surface area contributed by atoms with Gasteiger partial charge in [0, 0.05) is 19.2 Å². The van der Waals surface area contributed by atoms with Gasteiger partial charge in [-0.2, -0.15) is 10.2 Å². The lowest BCUT2D eigenvalue weighted by atomic mass is 10.1. The SMILES string of the molecule is Cc1ccc(=O)n(CC(=O)N2CCC[C@@H](n3cncn3)C2)n1. The second kappa shape index (κ2) is 6.08. The van der Waals surface area contributed by atoms with Gasteiger partial charge in [0.25, 0.3) is 5.56 Å². The molecule has 1 fully saturated rings. The van der Waals surface area contributed by atoms with E-state index in [2.05, 4.69) is 15.2 Å². The molecule has 0 N–H and O–H groups in total. The number of carbonyl (C=O) groups is 1. The van der Waals surface area contributed by atoms with Crippen LogP contribution in [-0.4, -0.2) is 48.4 Å². The van der Waals surface area contributed by atoms with Gasteiger partial charge in [-0.1, -0.05) is 0 Å². The first-order valence-electron chi connectivity index (χ1n) is 7.30. The van der Waals surface area contributed by atoms with Crippen LogP contribution in [0.5, 0.6) is 0 Å². The lowest BCUT2D eigenvalue weighted by Gasteiger charge is -2.32. The topological polar surface area (TPSA) is 85.9 Å².